The van der Waals surface area contributed by atoms with Crippen molar-refractivity contribution in [3.8, 4) is 5.88 Å². The average molecular weight is 403 g/mol. The van der Waals surface area contributed by atoms with E-state index in [4.69, 9.17) is 4.74 Å². The summed E-state index contributed by atoms with van der Waals surface area (Å²) >= 11 is 0. The monoisotopic (exact) mass is 403 g/mol. The van der Waals surface area contributed by atoms with Crippen molar-refractivity contribution < 1.29 is 14.1 Å². The van der Waals surface area contributed by atoms with Gasteiger partial charge >= 0.3 is 5.69 Å². The Labute approximate surface area is 164 Å². The number of nitro groups is 1. The van der Waals surface area contributed by atoms with Crippen LogP contribution in [-0.4, -0.2) is 41.2 Å². The molecule has 3 aromatic rings. The highest BCUT2D eigenvalue weighted by atomic mass is 19.1. The van der Waals surface area contributed by atoms with Gasteiger partial charge in [0.1, 0.15) is 17.8 Å². The Balaban J connectivity index is 1.81. The largest absolute Gasteiger partial charge is 0.474 e. The van der Waals surface area contributed by atoms with E-state index >= 15 is 0 Å². The molecule has 12 nitrogen and oxygen atoms in total. The molecule has 13 heteroatoms. The van der Waals surface area contributed by atoms with Crippen molar-refractivity contribution in [2.24, 2.45) is 0 Å². The van der Waals surface area contributed by atoms with Gasteiger partial charge in [0.15, 0.2) is 5.82 Å². The van der Waals surface area contributed by atoms with Gasteiger partial charge in [-0.2, -0.15) is 4.98 Å². The molecule has 0 amide bonds. The molecule has 0 fully saturated rings. The molecule has 1 atom stereocenters. The standard InChI is InChI=1S/C16H18FN9O3/c1-8(2)29-13-4-12(24-25-13)22-15-11(26(27)28)7-20-16(23-15)21-9(3)14-18-5-10(17)6-19-14/h4-9H,1-3H3,(H3,20,21,22,23,24,25)/t9-/m0/s1. The number of anilines is 3. The highest BCUT2D eigenvalue weighted by Gasteiger charge is 2.20. The summed E-state index contributed by atoms with van der Waals surface area (Å²) in [7, 11) is 0. The first-order chi connectivity index (χ1) is 13.8. The second-order valence-electron chi connectivity index (χ2n) is 6.22. The molecule has 0 aliphatic heterocycles. The first-order valence-electron chi connectivity index (χ1n) is 8.56. The number of hydrogen-bond acceptors (Lipinski definition) is 10. The summed E-state index contributed by atoms with van der Waals surface area (Å²) < 4.78 is 18.4. The normalized spacial score (nSPS) is 11.9. The quantitative estimate of drug-likeness (QED) is 0.377. The van der Waals surface area contributed by atoms with E-state index in [0.717, 1.165) is 18.6 Å². The van der Waals surface area contributed by atoms with E-state index in [1.165, 1.54) is 0 Å². The average Bonchev–Trinajstić information content (AvgIpc) is 3.08. The van der Waals surface area contributed by atoms with Crippen LogP contribution in [0.15, 0.2) is 24.7 Å². The minimum atomic E-state index is -0.611. The summed E-state index contributed by atoms with van der Waals surface area (Å²) in [4.78, 5) is 26.6. The van der Waals surface area contributed by atoms with Gasteiger partial charge < -0.3 is 15.4 Å². The predicted molar refractivity (Wildman–Crippen MR) is 100 cm³/mol. The maximum Gasteiger partial charge on any atom is 0.330 e. The number of ether oxygens (including phenoxy) is 1. The molecule has 3 aromatic heterocycles. The van der Waals surface area contributed by atoms with Gasteiger partial charge in [-0.05, 0) is 20.8 Å². The zero-order valence-corrected chi connectivity index (χ0v) is 15.8. The Kier molecular flexibility index (Phi) is 5.76. The zero-order chi connectivity index (χ0) is 21.0. The van der Waals surface area contributed by atoms with Crippen molar-refractivity contribution in [3.05, 3.63) is 46.4 Å². The Morgan fingerprint density at radius 3 is 2.59 bits per heavy atom. The minimum absolute atomic E-state index is 0.0560. The number of nitrogens with zero attached hydrogens (tertiary/aromatic N) is 6. The molecule has 3 rings (SSSR count). The van der Waals surface area contributed by atoms with Gasteiger partial charge in [0.25, 0.3) is 0 Å². The molecule has 0 bridgehead atoms. The van der Waals surface area contributed by atoms with Crippen molar-refractivity contribution in [2.75, 3.05) is 10.6 Å². The molecule has 0 saturated heterocycles. The maximum atomic E-state index is 13.0. The lowest BCUT2D eigenvalue weighted by Gasteiger charge is -2.13. The number of aromatic nitrogens is 6. The van der Waals surface area contributed by atoms with E-state index in [1.54, 1.807) is 13.0 Å². The van der Waals surface area contributed by atoms with Gasteiger partial charge in [0.05, 0.1) is 29.5 Å². The predicted octanol–water partition coefficient (Wildman–Crippen LogP) is 2.74. The molecule has 29 heavy (non-hydrogen) atoms. The van der Waals surface area contributed by atoms with Crippen molar-refractivity contribution in [2.45, 2.75) is 32.9 Å². The number of hydrogen-bond donors (Lipinski definition) is 3. The van der Waals surface area contributed by atoms with E-state index in [9.17, 15) is 14.5 Å². The molecule has 0 radical (unpaired) electrons. The Bertz CT molecular complexity index is 994. The second-order valence-corrected chi connectivity index (χ2v) is 6.22. The first-order valence-corrected chi connectivity index (χ1v) is 8.56. The van der Waals surface area contributed by atoms with E-state index in [2.05, 4.69) is 40.8 Å². The SMILES string of the molecule is CC(C)Oc1cc(Nc2nc(N[C@@H](C)c3ncc(F)cn3)ncc2[N+](=O)[O-])[nH]n1. The number of nitrogens with one attached hydrogen (secondary N) is 3. The van der Waals surface area contributed by atoms with Gasteiger partial charge in [-0.3, -0.25) is 15.2 Å². The van der Waals surface area contributed by atoms with Gasteiger partial charge in [-0.15, -0.1) is 5.10 Å². The van der Waals surface area contributed by atoms with Crippen LogP contribution < -0.4 is 15.4 Å². The lowest BCUT2D eigenvalue weighted by atomic mass is 10.3. The third kappa shape index (κ3) is 5.09. The summed E-state index contributed by atoms with van der Waals surface area (Å²) in [6, 6.07) is 1.08. The molecule has 0 aromatic carbocycles. The molecular formula is C16H18FN9O3. The molecule has 0 unspecified atom stereocenters. The van der Waals surface area contributed by atoms with Gasteiger partial charge in [-0.1, -0.05) is 0 Å². The van der Waals surface area contributed by atoms with Gasteiger partial charge in [-0.25, -0.2) is 19.3 Å². The molecule has 152 valence electrons. The highest BCUT2D eigenvalue weighted by Crippen LogP contribution is 2.27. The second kappa shape index (κ2) is 8.41. The Morgan fingerprint density at radius 2 is 1.93 bits per heavy atom. The van der Waals surface area contributed by atoms with E-state index in [-0.39, 0.29) is 23.6 Å². The van der Waals surface area contributed by atoms with E-state index < -0.39 is 16.8 Å². The number of aromatic amines is 1. The summed E-state index contributed by atoms with van der Waals surface area (Å²) in [6.07, 6.45) is 3.07. The third-order valence-corrected chi connectivity index (χ3v) is 3.50. The summed E-state index contributed by atoms with van der Waals surface area (Å²) in [6.45, 7) is 5.41. The van der Waals surface area contributed by atoms with E-state index in [0.29, 0.717) is 17.5 Å². The zero-order valence-electron chi connectivity index (χ0n) is 15.8. The molecule has 3 N–H and O–H groups in total. The van der Waals surface area contributed by atoms with Crippen molar-refractivity contribution >= 4 is 23.3 Å². The van der Waals surface area contributed by atoms with Gasteiger partial charge in [0, 0.05) is 6.07 Å². The van der Waals surface area contributed by atoms with Gasteiger partial charge in [0.2, 0.25) is 17.6 Å². The maximum absolute atomic E-state index is 13.0. The summed E-state index contributed by atoms with van der Waals surface area (Å²) in [5, 5.41) is 23.7. The van der Waals surface area contributed by atoms with Crippen molar-refractivity contribution in [1.29, 1.82) is 0 Å². The molecular weight excluding hydrogens is 385 g/mol. The van der Waals surface area contributed by atoms with E-state index in [1.807, 2.05) is 13.8 Å². The Morgan fingerprint density at radius 1 is 1.21 bits per heavy atom. The van der Waals surface area contributed by atoms with Crippen molar-refractivity contribution in [1.82, 2.24) is 30.1 Å². The van der Waals surface area contributed by atoms with Crippen LogP contribution >= 0.6 is 0 Å². The van der Waals surface area contributed by atoms with Crippen LogP contribution in [0.2, 0.25) is 0 Å². The van der Waals surface area contributed by atoms with Crippen LogP contribution in [0.25, 0.3) is 0 Å². The summed E-state index contributed by atoms with van der Waals surface area (Å²) in [5.74, 6) is 0.477. The fourth-order valence-corrected chi connectivity index (χ4v) is 2.27. The Hall–Kier alpha value is -3.90. The fourth-order valence-electron chi connectivity index (χ4n) is 2.27. The molecule has 3 heterocycles. The lowest BCUT2D eigenvalue weighted by Crippen LogP contribution is -2.13. The van der Waals surface area contributed by atoms with Crippen LogP contribution in [0.3, 0.4) is 0 Å². The van der Waals surface area contributed by atoms with Crippen LogP contribution in [0, 0.1) is 15.9 Å². The van der Waals surface area contributed by atoms with Crippen LogP contribution in [0.5, 0.6) is 5.88 Å². The third-order valence-electron chi connectivity index (χ3n) is 3.50. The highest BCUT2D eigenvalue weighted by molar-refractivity contribution is 5.64. The molecule has 0 aliphatic carbocycles. The number of rotatable bonds is 8. The van der Waals surface area contributed by atoms with Crippen LogP contribution in [0.4, 0.5) is 27.7 Å². The molecule has 0 saturated carbocycles. The summed E-state index contributed by atoms with van der Waals surface area (Å²) in [5.41, 5.74) is -0.331. The van der Waals surface area contributed by atoms with Crippen LogP contribution in [-0.2, 0) is 0 Å². The molecule has 0 spiro atoms. The minimum Gasteiger partial charge on any atom is -0.474 e. The smallest absolute Gasteiger partial charge is 0.330 e. The number of H-pyrrole nitrogens is 1. The number of halogens is 1. The van der Waals surface area contributed by atoms with Crippen molar-refractivity contribution in [3.63, 3.8) is 0 Å². The fraction of sp³-hybridized carbons (Fsp3) is 0.312. The topological polar surface area (TPSA) is 157 Å². The van der Waals surface area contributed by atoms with Crippen LogP contribution in [0.1, 0.15) is 32.6 Å². The lowest BCUT2D eigenvalue weighted by molar-refractivity contribution is -0.384. The first kappa shape index (κ1) is 19.9. The molecule has 0 aliphatic rings.